The van der Waals surface area contributed by atoms with E-state index in [2.05, 4.69) is 5.32 Å². The van der Waals surface area contributed by atoms with Gasteiger partial charge in [0.25, 0.3) is 0 Å². The molecule has 46 heavy (non-hydrogen) atoms. The van der Waals surface area contributed by atoms with Crippen LogP contribution in [0.2, 0.25) is 0 Å². The first-order chi connectivity index (χ1) is 21.9. The van der Waals surface area contributed by atoms with Crippen molar-refractivity contribution < 1.29 is 30.0 Å². The van der Waals surface area contributed by atoms with Crippen molar-refractivity contribution in [3.63, 3.8) is 0 Å². The molecule has 11 nitrogen and oxygen atoms in total. The van der Waals surface area contributed by atoms with Crippen LogP contribution in [-0.4, -0.2) is 82.3 Å². The highest BCUT2D eigenvalue weighted by molar-refractivity contribution is 7.89. The summed E-state index contributed by atoms with van der Waals surface area (Å²) in [5.74, 6) is -0.546. The number of carbonyl (C=O) groups is 1. The summed E-state index contributed by atoms with van der Waals surface area (Å²) >= 11 is 0. The molecule has 3 aliphatic rings. The van der Waals surface area contributed by atoms with Crippen LogP contribution in [0.1, 0.15) is 84.0 Å². The lowest BCUT2D eigenvalue weighted by Crippen LogP contribution is -2.45. The third-order valence-electron chi connectivity index (χ3n) is 9.45. The van der Waals surface area contributed by atoms with Crippen molar-refractivity contribution in [3.8, 4) is 0 Å². The van der Waals surface area contributed by atoms with Gasteiger partial charge in [-0.15, -0.1) is 0 Å². The van der Waals surface area contributed by atoms with E-state index in [0.717, 1.165) is 57.8 Å². The fourth-order valence-electron chi connectivity index (χ4n) is 6.84. The van der Waals surface area contributed by atoms with E-state index in [9.17, 15) is 30.0 Å². The standard InChI is InChI=1S/C32H46N4O7S3/c1-2-27-11-7-10-24-35(27)45(40,41)30-18-20-31(21-19-30)46(42,43)36(28-12-5-3-6-13-28)25-32(37)33-26-14-16-29(17-15-26)44(38,39)34-22-8-4-9-23-34/h14-21,27-28H,2-13,22-25H2,1H3,(H,33,37). The van der Waals surface area contributed by atoms with Gasteiger partial charge in [-0.1, -0.05) is 39.0 Å². The highest BCUT2D eigenvalue weighted by atomic mass is 32.2. The van der Waals surface area contributed by atoms with Crippen LogP contribution in [-0.2, 0) is 34.9 Å². The summed E-state index contributed by atoms with van der Waals surface area (Å²) in [7, 11) is -11.5. The zero-order valence-electron chi connectivity index (χ0n) is 26.5. The monoisotopic (exact) mass is 694 g/mol. The molecule has 2 aromatic rings. The van der Waals surface area contributed by atoms with Crippen LogP contribution < -0.4 is 5.32 Å². The van der Waals surface area contributed by atoms with Gasteiger partial charge in [0.1, 0.15) is 0 Å². The van der Waals surface area contributed by atoms with Gasteiger partial charge >= 0.3 is 0 Å². The average molecular weight is 695 g/mol. The van der Waals surface area contributed by atoms with Gasteiger partial charge in [0.05, 0.1) is 21.2 Å². The molecule has 2 heterocycles. The summed E-state index contributed by atoms with van der Waals surface area (Å²) < 4.78 is 85.2. The summed E-state index contributed by atoms with van der Waals surface area (Å²) in [4.78, 5) is 13.4. The first-order valence-corrected chi connectivity index (χ1v) is 20.8. The summed E-state index contributed by atoms with van der Waals surface area (Å²) in [5.41, 5.74) is 0.362. The number of benzene rings is 2. The maximum Gasteiger partial charge on any atom is 0.243 e. The van der Waals surface area contributed by atoms with Crippen LogP contribution in [0, 0.1) is 0 Å². The minimum absolute atomic E-state index is 0.0551. The Morgan fingerprint density at radius 3 is 1.85 bits per heavy atom. The number of nitrogens with one attached hydrogen (secondary N) is 1. The van der Waals surface area contributed by atoms with Crippen molar-refractivity contribution in [2.45, 2.75) is 111 Å². The summed E-state index contributed by atoms with van der Waals surface area (Å²) in [5, 5.41) is 2.73. The number of piperidine rings is 2. The zero-order valence-corrected chi connectivity index (χ0v) is 29.0. The normalized spacial score (nSPS) is 21.3. The molecule has 1 N–H and O–H groups in total. The van der Waals surface area contributed by atoms with Crippen molar-refractivity contribution in [1.29, 1.82) is 0 Å². The van der Waals surface area contributed by atoms with Gasteiger partial charge in [0.2, 0.25) is 36.0 Å². The Hall–Kier alpha value is -2.36. The molecule has 5 rings (SSSR count). The van der Waals surface area contributed by atoms with Gasteiger partial charge < -0.3 is 5.32 Å². The Morgan fingerprint density at radius 1 is 0.696 bits per heavy atom. The molecule has 1 atom stereocenters. The summed E-state index contributed by atoms with van der Waals surface area (Å²) in [6, 6.07) is 10.8. The van der Waals surface area contributed by atoms with E-state index < -0.39 is 42.5 Å². The molecule has 2 aliphatic heterocycles. The van der Waals surface area contributed by atoms with Crippen molar-refractivity contribution in [2.75, 3.05) is 31.5 Å². The molecule has 0 spiro atoms. The quantitative estimate of drug-likeness (QED) is 0.357. The fourth-order valence-corrected chi connectivity index (χ4v) is 11.8. The van der Waals surface area contributed by atoms with Crippen molar-refractivity contribution >= 4 is 41.7 Å². The predicted octanol–water partition coefficient (Wildman–Crippen LogP) is 4.78. The minimum atomic E-state index is -4.15. The van der Waals surface area contributed by atoms with Gasteiger partial charge in [-0.25, -0.2) is 25.3 Å². The van der Waals surface area contributed by atoms with Crippen molar-refractivity contribution in [2.24, 2.45) is 0 Å². The van der Waals surface area contributed by atoms with Gasteiger partial charge in [-0.3, -0.25) is 4.79 Å². The van der Waals surface area contributed by atoms with E-state index in [-0.39, 0.29) is 26.8 Å². The maximum atomic E-state index is 14.0. The zero-order chi connectivity index (χ0) is 33.0. The molecule has 0 aromatic heterocycles. The van der Waals surface area contributed by atoms with Crippen LogP contribution in [0.5, 0.6) is 0 Å². The average Bonchev–Trinajstić information content (AvgIpc) is 3.08. The molecule has 14 heteroatoms. The van der Waals surface area contributed by atoms with E-state index >= 15 is 0 Å². The third-order valence-corrected chi connectivity index (χ3v) is 15.2. The SMILES string of the molecule is CCC1CCCCN1S(=O)(=O)c1ccc(S(=O)(=O)N(CC(=O)Nc2ccc(S(=O)(=O)N3CCCCC3)cc2)C2CCCCC2)cc1. The van der Waals surface area contributed by atoms with Crippen LogP contribution in [0.4, 0.5) is 5.69 Å². The maximum absolute atomic E-state index is 14.0. The second-order valence-corrected chi connectivity index (χ2v) is 18.2. The largest absolute Gasteiger partial charge is 0.325 e. The van der Waals surface area contributed by atoms with Crippen LogP contribution in [0.3, 0.4) is 0 Å². The third kappa shape index (κ3) is 7.68. The van der Waals surface area contributed by atoms with Crippen molar-refractivity contribution in [3.05, 3.63) is 48.5 Å². The van der Waals surface area contributed by atoms with E-state index in [4.69, 9.17) is 0 Å². The Labute approximate surface area is 274 Å². The van der Waals surface area contributed by atoms with Crippen LogP contribution in [0.15, 0.2) is 63.2 Å². The number of hydrogen-bond acceptors (Lipinski definition) is 7. The van der Waals surface area contributed by atoms with E-state index in [1.165, 1.54) is 61.4 Å². The Balaban J connectivity index is 1.32. The van der Waals surface area contributed by atoms with E-state index in [0.29, 0.717) is 44.6 Å². The molecular weight excluding hydrogens is 649 g/mol. The summed E-state index contributed by atoms with van der Waals surface area (Å²) in [6.45, 7) is 2.97. The van der Waals surface area contributed by atoms with E-state index in [1.807, 2.05) is 6.92 Å². The molecule has 3 fully saturated rings. The van der Waals surface area contributed by atoms with Crippen molar-refractivity contribution in [1.82, 2.24) is 12.9 Å². The van der Waals surface area contributed by atoms with Gasteiger partial charge in [-0.2, -0.15) is 12.9 Å². The lowest BCUT2D eigenvalue weighted by atomic mass is 9.95. The second kappa shape index (κ2) is 14.8. The van der Waals surface area contributed by atoms with Gasteiger partial charge in [-0.05, 0) is 93.5 Å². The predicted molar refractivity (Wildman–Crippen MR) is 177 cm³/mol. The molecule has 0 radical (unpaired) electrons. The number of nitrogens with zero attached hydrogens (tertiary/aromatic N) is 3. The molecule has 1 saturated carbocycles. The number of anilines is 1. The highest BCUT2D eigenvalue weighted by Gasteiger charge is 2.36. The Kier molecular flexibility index (Phi) is 11.3. The second-order valence-electron chi connectivity index (χ2n) is 12.5. The molecule has 1 unspecified atom stereocenters. The summed E-state index contributed by atoms with van der Waals surface area (Å²) in [6.07, 6.45) is 9.89. The number of rotatable bonds is 11. The smallest absolute Gasteiger partial charge is 0.243 e. The molecule has 2 aromatic carbocycles. The van der Waals surface area contributed by atoms with Crippen LogP contribution >= 0.6 is 0 Å². The molecule has 1 aliphatic carbocycles. The molecule has 0 bridgehead atoms. The number of hydrogen-bond donors (Lipinski definition) is 1. The molecule has 2 saturated heterocycles. The van der Waals surface area contributed by atoms with Gasteiger partial charge in [0, 0.05) is 37.4 Å². The lowest BCUT2D eigenvalue weighted by Gasteiger charge is -2.34. The molecular formula is C32H46N4O7S3. The Bertz CT molecular complexity index is 1670. The topological polar surface area (TPSA) is 141 Å². The highest BCUT2D eigenvalue weighted by Crippen LogP contribution is 2.31. The minimum Gasteiger partial charge on any atom is -0.325 e. The fraction of sp³-hybridized carbons (Fsp3) is 0.594. The first kappa shape index (κ1) is 35.0. The van der Waals surface area contributed by atoms with Crippen LogP contribution in [0.25, 0.3) is 0 Å². The lowest BCUT2D eigenvalue weighted by molar-refractivity contribution is -0.116. The molecule has 1 amide bonds. The van der Waals surface area contributed by atoms with Gasteiger partial charge in [0.15, 0.2) is 0 Å². The number of sulfonamides is 3. The number of amides is 1. The number of carbonyl (C=O) groups excluding carboxylic acids is 1. The first-order valence-electron chi connectivity index (χ1n) is 16.5. The molecule has 254 valence electrons. The Morgan fingerprint density at radius 2 is 1.22 bits per heavy atom. The van der Waals surface area contributed by atoms with E-state index in [1.54, 1.807) is 0 Å².